The maximum Gasteiger partial charge on any atom is 0.250 e. The third-order valence-corrected chi connectivity index (χ3v) is 3.38. The highest BCUT2D eigenvalue weighted by molar-refractivity contribution is 6.01. The van der Waals surface area contributed by atoms with Gasteiger partial charge in [-0.25, -0.2) is 0 Å². The van der Waals surface area contributed by atoms with Gasteiger partial charge in [-0.1, -0.05) is 0 Å². The number of phenols is 1. The summed E-state index contributed by atoms with van der Waals surface area (Å²) in [6, 6.07) is 2.79. The zero-order valence-electron chi connectivity index (χ0n) is 10.8. The Kier molecular flexibility index (Phi) is 3.71. The Hall–Kier alpha value is -2.08. The first-order valence-corrected chi connectivity index (χ1v) is 6.08. The Labute approximate surface area is 111 Å². The summed E-state index contributed by atoms with van der Waals surface area (Å²) < 4.78 is 0. The first-order chi connectivity index (χ1) is 9.02. The summed E-state index contributed by atoms with van der Waals surface area (Å²) in [5, 5.41) is 9.76. The lowest BCUT2D eigenvalue weighted by molar-refractivity contribution is 0.100. The monoisotopic (exact) mass is 263 g/mol. The van der Waals surface area contributed by atoms with Crippen LogP contribution in [-0.2, 0) is 0 Å². The summed E-state index contributed by atoms with van der Waals surface area (Å²) >= 11 is 0. The van der Waals surface area contributed by atoms with Gasteiger partial charge < -0.3 is 20.6 Å². The molecule has 1 heterocycles. The van der Waals surface area contributed by atoms with Crippen molar-refractivity contribution in [3.63, 3.8) is 0 Å². The number of anilines is 1. The fourth-order valence-electron chi connectivity index (χ4n) is 2.19. The molecule has 19 heavy (non-hydrogen) atoms. The van der Waals surface area contributed by atoms with Crippen LogP contribution in [0, 0.1) is 0 Å². The SMILES string of the molecule is CN1CCN(c2cc(O)c(C=O)cc2C(N)=O)CC1. The van der Waals surface area contributed by atoms with E-state index in [1.165, 1.54) is 12.1 Å². The average Bonchev–Trinajstić information content (AvgIpc) is 2.39. The van der Waals surface area contributed by atoms with E-state index in [1.807, 2.05) is 11.9 Å². The first-order valence-electron chi connectivity index (χ1n) is 6.08. The van der Waals surface area contributed by atoms with Gasteiger partial charge in [-0.05, 0) is 13.1 Å². The van der Waals surface area contributed by atoms with Gasteiger partial charge in [0.1, 0.15) is 5.75 Å². The van der Waals surface area contributed by atoms with Gasteiger partial charge in [0.05, 0.1) is 16.8 Å². The number of nitrogens with two attached hydrogens (primary N) is 1. The summed E-state index contributed by atoms with van der Waals surface area (Å²) in [7, 11) is 2.03. The van der Waals surface area contributed by atoms with Crippen LogP contribution in [0.3, 0.4) is 0 Å². The molecule has 0 saturated carbocycles. The Morgan fingerprint density at radius 2 is 1.95 bits per heavy atom. The number of piperazine rings is 1. The zero-order valence-corrected chi connectivity index (χ0v) is 10.8. The van der Waals surface area contributed by atoms with Crippen molar-refractivity contribution in [1.29, 1.82) is 0 Å². The number of aldehydes is 1. The molecule has 0 unspecified atom stereocenters. The molecule has 6 nitrogen and oxygen atoms in total. The Bertz CT molecular complexity index is 508. The van der Waals surface area contributed by atoms with Crippen LogP contribution in [0.4, 0.5) is 5.69 Å². The van der Waals surface area contributed by atoms with E-state index in [4.69, 9.17) is 5.73 Å². The van der Waals surface area contributed by atoms with Crippen molar-refractivity contribution in [1.82, 2.24) is 4.90 Å². The van der Waals surface area contributed by atoms with Gasteiger partial charge in [-0.15, -0.1) is 0 Å². The third kappa shape index (κ3) is 2.68. The van der Waals surface area contributed by atoms with Crippen LogP contribution >= 0.6 is 0 Å². The molecule has 1 aliphatic heterocycles. The predicted octanol–water partition coefficient (Wildman–Crippen LogP) is 0.0554. The van der Waals surface area contributed by atoms with Gasteiger partial charge in [-0.2, -0.15) is 0 Å². The minimum atomic E-state index is -0.600. The first kappa shape index (κ1) is 13.4. The number of amides is 1. The van der Waals surface area contributed by atoms with Crippen LogP contribution in [0.25, 0.3) is 0 Å². The molecule has 0 radical (unpaired) electrons. The summed E-state index contributed by atoms with van der Waals surface area (Å²) in [6.07, 6.45) is 0.509. The number of benzene rings is 1. The van der Waals surface area contributed by atoms with Gasteiger partial charge in [-0.3, -0.25) is 9.59 Å². The van der Waals surface area contributed by atoms with Crippen molar-refractivity contribution < 1.29 is 14.7 Å². The van der Waals surface area contributed by atoms with Crippen LogP contribution in [0.1, 0.15) is 20.7 Å². The molecule has 1 saturated heterocycles. The van der Waals surface area contributed by atoms with E-state index in [-0.39, 0.29) is 16.9 Å². The number of rotatable bonds is 3. The lowest BCUT2D eigenvalue weighted by Gasteiger charge is -2.35. The molecule has 1 aromatic rings. The highest BCUT2D eigenvalue weighted by atomic mass is 16.3. The number of phenolic OH excluding ortho intramolecular Hbond substituents is 1. The number of hydrogen-bond donors (Lipinski definition) is 2. The van der Waals surface area contributed by atoms with Crippen LogP contribution in [0.2, 0.25) is 0 Å². The quantitative estimate of drug-likeness (QED) is 0.753. The Morgan fingerprint density at radius 1 is 1.32 bits per heavy atom. The largest absolute Gasteiger partial charge is 0.507 e. The van der Waals surface area contributed by atoms with Gasteiger partial charge in [0.25, 0.3) is 5.91 Å². The van der Waals surface area contributed by atoms with Gasteiger partial charge in [0.15, 0.2) is 6.29 Å². The van der Waals surface area contributed by atoms with Crippen molar-refractivity contribution in [2.75, 3.05) is 38.1 Å². The van der Waals surface area contributed by atoms with Crippen molar-refractivity contribution >= 4 is 17.9 Å². The van der Waals surface area contributed by atoms with Crippen LogP contribution < -0.4 is 10.6 Å². The molecule has 0 aliphatic carbocycles. The third-order valence-electron chi connectivity index (χ3n) is 3.38. The van der Waals surface area contributed by atoms with E-state index in [1.54, 1.807) is 0 Å². The molecule has 3 N–H and O–H groups in total. The topological polar surface area (TPSA) is 86.9 Å². The maximum absolute atomic E-state index is 11.5. The average molecular weight is 263 g/mol. The highest BCUT2D eigenvalue weighted by Crippen LogP contribution is 2.29. The number of likely N-dealkylation sites (N-methyl/N-ethyl adjacent to an activating group) is 1. The molecule has 1 amide bonds. The van der Waals surface area contributed by atoms with E-state index in [9.17, 15) is 14.7 Å². The zero-order chi connectivity index (χ0) is 14.0. The summed E-state index contributed by atoms with van der Waals surface area (Å²) in [6.45, 7) is 3.23. The normalized spacial score (nSPS) is 16.4. The summed E-state index contributed by atoms with van der Waals surface area (Å²) in [4.78, 5) is 26.5. The van der Waals surface area contributed by atoms with Crippen molar-refractivity contribution in [2.24, 2.45) is 5.73 Å². The molecule has 0 bridgehead atoms. The molecule has 0 atom stereocenters. The minimum Gasteiger partial charge on any atom is -0.507 e. The number of hydrogen-bond acceptors (Lipinski definition) is 5. The van der Waals surface area contributed by atoms with Gasteiger partial charge in [0, 0.05) is 32.2 Å². The Morgan fingerprint density at radius 3 is 2.47 bits per heavy atom. The number of aromatic hydroxyl groups is 1. The van der Waals surface area contributed by atoms with E-state index < -0.39 is 5.91 Å². The number of carbonyl (C=O) groups is 2. The molecule has 0 spiro atoms. The molecule has 6 heteroatoms. The molecule has 2 rings (SSSR count). The van der Waals surface area contributed by atoms with Crippen molar-refractivity contribution in [3.8, 4) is 5.75 Å². The lowest BCUT2D eigenvalue weighted by Crippen LogP contribution is -2.45. The Balaban J connectivity index is 2.41. The molecular formula is C13H17N3O3. The summed E-state index contributed by atoms with van der Waals surface area (Å²) in [5.74, 6) is -0.731. The number of nitrogens with zero attached hydrogens (tertiary/aromatic N) is 2. The van der Waals surface area contributed by atoms with Crippen LogP contribution in [-0.4, -0.2) is 55.4 Å². The second-order valence-corrected chi connectivity index (χ2v) is 4.70. The van der Waals surface area contributed by atoms with Crippen molar-refractivity contribution in [3.05, 3.63) is 23.3 Å². The predicted molar refractivity (Wildman–Crippen MR) is 71.7 cm³/mol. The minimum absolute atomic E-state index is 0.0756. The fourth-order valence-corrected chi connectivity index (χ4v) is 2.19. The molecular weight excluding hydrogens is 246 g/mol. The summed E-state index contributed by atoms with van der Waals surface area (Å²) in [5.41, 5.74) is 6.28. The van der Waals surface area contributed by atoms with Crippen LogP contribution in [0.15, 0.2) is 12.1 Å². The number of primary amides is 1. The highest BCUT2D eigenvalue weighted by Gasteiger charge is 2.21. The molecule has 1 fully saturated rings. The van der Waals surface area contributed by atoms with Gasteiger partial charge in [0.2, 0.25) is 0 Å². The lowest BCUT2D eigenvalue weighted by atomic mass is 10.1. The fraction of sp³-hybridized carbons (Fsp3) is 0.385. The molecule has 1 aromatic carbocycles. The smallest absolute Gasteiger partial charge is 0.250 e. The van der Waals surface area contributed by atoms with Crippen molar-refractivity contribution in [2.45, 2.75) is 0 Å². The second kappa shape index (κ2) is 5.27. The molecule has 102 valence electrons. The number of carbonyl (C=O) groups excluding carboxylic acids is 2. The van der Waals surface area contributed by atoms with E-state index >= 15 is 0 Å². The van der Waals surface area contributed by atoms with Crippen LogP contribution in [0.5, 0.6) is 5.75 Å². The maximum atomic E-state index is 11.5. The molecule has 0 aromatic heterocycles. The standard InChI is InChI=1S/C13H17N3O3/c1-15-2-4-16(5-3-15)11-7-12(18)9(8-17)6-10(11)13(14)19/h6-8,18H,2-5H2,1H3,(H2,14,19). The van der Waals surface area contributed by atoms with E-state index in [0.717, 1.165) is 26.2 Å². The molecule has 1 aliphatic rings. The van der Waals surface area contributed by atoms with E-state index in [0.29, 0.717) is 12.0 Å². The van der Waals surface area contributed by atoms with E-state index in [2.05, 4.69) is 4.90 Å². The van der Waals surface area contributed by atoms with Gasteiger partial charge >= 0.3 is 0 Å². The second-order valence-electron chi connectivity index (χ2n) is 4.70.